The lowest BCUT2D eigenvalue weighted by Gasteiger charge is -2.13. The molecular formula is C20H21ClN4O3S2. The summed E-state index contributed by atoms with van der Waals surface area (Å²) in [6.07, 6.45) is 5.53. The summed E-state index contributed by atoms with van der Waals surface area (Å²) >= 11 is 7.57. The number of hydrogen-bond donors (Lipinski definition) is 1. The second kappa shape index (κ2) is 8.50. The molecule has 1 aliphatic rings. The van der Waals surface area contributed by atoms with Crippen LogP contribution in [0.2, 0.25) is 5.02 Å². The van der Waals surface area contributed by atoms with Crippen LogP contribution < -0.4 is 5.32 Å². The van der Waals surface area contributed by atoms with Gasteiger partial charge >= 0.3 is 0 Å². The first-order valence-corrected chi connectivity index (χ1v) is 12.1. The Morgan fingerprint density at radius 2 is 2.00 bits per heavy atom. The number of thiazole rings is 1. The van der Waals surface area contributed by atoms with Gasteiger partial charge in [0.1, 0.15) is 10.6 Å². The Morgan fingerprint density at radius 1 is 1.27 bits per heavy atom. The minimum absolute atomic E-state index is 0.135. The van der Waals surface area contributed by atoms with Crippen LogP contribution in [0.4, 0.5) is 5.13 Å². The fourth-order valence-corrected chi connectivity index (χ4v) is 6.04. The number of sulfonamides is 1. The molecule has 1 N–H and O–H groups in total. The lowest BCUT2D eigenvalue weighted by atomic mass is 10.1. The van der Waals surface area contributed by atoms with Gasteiger partial charge in [-0.05, 0) is 30.5 Å². The minimum atomic E-state index is -3.57. The molecule has 158 valence electrons. The molecule has 0 radical (unpaired) electrons. The maximum atomic E-state index is 12.7. The van der Waals surface area contributed by atoms with Crippen molar-refractivity contribution in [3.8, 4) is 0 Å². The summed E-state index contributed by atoms with van der Waals surface area (Å²) in [7, 11) is -1.92. The maximum Gasteiger partial charge on any atom is 0.274 e. The number of aryl methyl sites for hydroxylation is 1. The number of carbonyl (C=O) groups is 1. The zero-order valence-corrected chi connectivity index (χ0v) is 18.7. The summed E-state index contributed by atoms with van der Waals surface area (Å²) < 4.78 is 28.5. The number of hydrogen-bond acceptors (Lipinski definition) is 5. The van der Waals surface area contributed by atoms with Crippen LogP contribution in [0.1, 0.15) is 33.8 Å². The minimum Gasteiger partial charge on any atom is -0.345 e. The Kier molecular flexibility index (Phi) is 5.97. The highest BCUT2D eigenvalue weighted by atomic mass is 35.5. The highest BCUT2D eigenvalue weighted by Crippen LogP contribution is 2.26. The first kappa shape index (κ1) is 21.0. The normalized spacial score (nSPS) is 14.9. The van der Waals surface area contributed by atoms with Gasteiger partial charge in [-0.3, -0.25) is 10.1 Å². The number of halogens is 1. The molecule has 1 saturated heterocycles. The third-order valence-electron chi connectivity index (χ3n) is 5.01. The predicted octanol–water partition coefficient (Wildman–Crippen LogP) is 3.76. The van der Waals surface area contributed by atoms with Gasteiger partial charge in [-0.25, -0.2) is 13.4 Å². The monoisotopic (exact) mass is 464 g/mol. The number of anilines is 1. The van der Waals surface area contributed by atoms with Gasteiger partial charge in [0.2, 0.25) is 10.0 Å². The molecule has 1 amide bonds. The van der Waals surface area contributed by atoms with Crippen LogP contribution in [-0.4, -0.2) is 41.3 Å². The number of carbonyl (C=O) groups excluding carboxylic acids is 1. The van der Waals surface area contributed by atoms with Crippen LogP contribution in [0.15, 0.2) is 47.6 Å². The SMILES string of the molecule is Cn1cc(S(=O)(=O)N2CCCC2)cc1C(=O)Nc1ncc(Cc2ccccc2Cl)s1. The summed E-state index contributed by atoms with van der Waals surface area (Å²) in [6, 6.07) is 9.01. The van der Waals surface area contributed by atoms with Crippen molar-refractivity contribution >= 4 is 44.0 Å². The molecule has 0 atom stereocenters. The molecule has 0 unspecified atom stereocenters. The quantitative estimate of drug-likeness (QED) is 0.602. The Hall–Kier alpha value is -2.20. The zero-order chi connectivity index (χ0) is 21.3. The van der Waals surface area contributed by atoms with Gasteiger partial charge in [0.05, 0.1) is 0 Å². The molecule has 0 aliphatic carbocycles. The van der Waals surface area contributed by atoms with Crippen molar-refractivity contribution < 1.29 is 13.2 Å². The smallest absolute Gasteiger partial charge is 0.274 e. The van der Waals surface area contributed by atoms with Crippen molar-refractivity contribution in [1.29, 1.82) is 0 Å². The third kappa shape index (κ3) is 4.29. The maximum absolute atomic E-state index is 12.7. The van der Waals surface area contributed by atoms with Crippen molar-refractivity contribution in [2.75, 3.05) is 18.4 Å². The molecule has 1 fully saturated rings. The second-order valence-electron chi connectivity index (χ2n) is 7.14. The van der Waals surface area contributed by atoms with E-state index in [1.54, 1.807) is 13.2 Å². The van der Waals surface area contributed by atoms with Crippen molar-refractivity contribution in [3.63, 3.8) is 0 Å². The number of amides is 1. The van der Waals surface area contributed by atoms with E-state index in [9.17, 15) is 13.2 Å². The van der Waals surface area contributed by atoms with Gasteiger partial charge in [0.15, 0.2) is 5.13 Å². The summed E-state index contributed by atoms with van der Waals surface area (Å²) in [6.45, 7) is 1.04. The van der Waals surface area contributed by atoms with Crippen LogP contribution in [-0.2, 0) is 23.5 Å². The average Bonchev–Trinajstić information content (AvgIpc) is 3.45. The van der Waals surface area contributed by atoms with E-state index in [1.807, 2.05) is 24.3 Å². The molecule has 1 aromatic carbocycles. The number of rotatable bonds is 6. The Morgan fingerprint density at radius 3 is 2.73 bits per heavy atom. The molecule has 1 aliphatic heterocycles. The van der Waals surface area contributed by atoms with Crippen LogP contribution in [0, 0.1) is 0 Å². The number of benzene rings is 1. The molecule has 7 nitrogen and oxygen atoms in total. The van der Waals surface area contributed by atoms with Crippen molar-refractivity contribution in [2.45, 2.75) is 24.2 Å². The third-order valence-corrected chi connectivity index (χ3v) is 8.16. The summed E-state index contributed by atoms with van der Waals surface area (Å²) in [5.41, 5.74) is 1.25. The summed E-state index contributed by atoms with van der Waals surface area (Å²) in [5, 5.41) is 3.90. The van der Waals surface area contributed by atoms with E-state index in [-0.39, 0.29) is 10.6 Å². The van der Waals surface area contributed by atoms with Gasteiger partial charge in [0.25, 0.3) is 5.91 Å². The first-order chi connectivity index (χ1) is 14.3. The highest BCUT2D eigenvalue weighted by molar-refractivity contribution is 7.89. The molecule has 10 heteroatoms. The average molecular weight is 465 g/mol. The standard InChI is InChI=1S/C20H21ClN4O3S2/c1-24-13-16(30(27,28)25-8-4-5-9-25)11-18(24)19(26)23-20-22-12-15(29-20)10-14-6-2-3-7-17(14)21/h2-3,6-7,11-13H,4-5,8-10H2,1H3,(H,22,23,26). The summed E-state index contributed by atoms with van der Waals surface area (Å²) in [4.78, 5) is 18.1. The van der Waals surface area contributed by atoms with Crippen LogP contribution >= 0.6 is 22.9 Å². The Balaban J connectivity index is 1.48. The number of nitrogens with one attached hydrogen (secondary N) is 1. The first-order valence-electron chi connectivity index (χ1n) is 9.50. The van der Waals surface area contributed by atoms with E-state index < -0.39 is 15.9 Å². The molecule has 2 aromatic heterocycles. The molecule has 0 saturated carbocycles. The van der Waals surface area contributed by atoms with E-state index in [1.165, 1.54) is 32.5 Å². The van der Waals surface area contributed by atoms with Crippen molar-refractivity contribution in [1.82, 2.24) is 13.9 Å². The van der Waals surface area contributed by atoms with Crippen LogP contribution in [0.3, 0.4) is 0 Å². The summed E-state index contributed by atoms with van der Waals surface area (Å²) in [5.74, 6) is -0.404. The van der Waals surface area contributed by atoms with E-state index >= 15 is 0 Å². The van der Waals surface area contributed by atoms with Gasteiger partial charge in [0, 0.05) is 48.9 Å². The van der Waals surface area contributed by atoms with Gasteiger partial charge in [-0.15, -0.1) is 11.3 Å². The van der Waals surface area contributed by atoms with Crippen LogP contribution in [0.5, 0.6) is 0 Å². The van der Waals surface area contributed by atoms with Gasteiger partial charge < -0.3 is 4.57 Å². The number of nitrogens with zero attached hydrogens (tertiary/aromatic N) is 3. The second-order valence-corrected chi connectivity index (χ2v) is 10.6. The van der Waals surface area contributed by atoms with E-state index in [0.717, 1.165) is 23.3 Å². The zero-order valence-electron chi connectivity index (χ0n) is 16.3. The molecule has 30 heavy (non-hydrogen) atoms. The van der Waals surface area contributed by atoms with Crippen molar-refractivity contribution in [2.24, 2.45) is 7.05 Å². The number of aromatic nitrogens is 2. The molecule has 0 spiro atoms. The Labute approximate surface area is 184 Å². The predicted molar refractivity (Wildman–Crippen MR) is 118 cm³/mol. The topological polar surface area (TPSA) is 84.3 Å². The van der Waals surface area contributed by atoms with Crippen LogP contribution in [0.25, 0.3) is 0 Å². The molecule has 3 aromatic rings. The van der Waals surface area contributed by atoms with Gasteiger partial charge in [-0.2, -0.15) is 4.31 Å². The molecule has 4 rings (SSSR count). The van der Waals surface area contributed by atoms with E-state index in [0.29, 0.717) is 29.7 Å². The fourth-order valence-electron chi connectivity index (χ4n) is 3.42. The van der Waals surface area contributed by atoms with E-state index in [4.69, 9.17) is 11.6 Å². The fraction of sp³-hybridized carbons (Fsp3) is 0.300. The molecule has 3 heterocycles. The highest BCUT2D eigenvalue weighted by Gasteiger charge is 2.29. The largest absolute Gasteiger partial charge is 0.345 e. The lowest BCUT2D eigenvalue weighted by molar-refractivity contribution is 0.101. The van der Waals surface area contributed by atoms with Gasteiger partial charge in [-0.1, -0.05) is 29.8 Å². The van der Waals surface area contributed by atoms with Crippen molar-refractivity contribution in [3.05, 3.63) is 63.9 Å². The van der Waals surface area contributed by atoms with E-state index in [2.05, 4.69) is 10.3 Å². The lowest BCUT2D eigenvalue weighted by Crippen LogP contribution is -2.27. The Bertz CT molecular complexity index is 1180. The molecule has 0 bridgehead atoms. The molecular weight excluding hydrogens is 444 g/mol.